The summed E-state index contributed by atoms with van der Waals surface area (Å²) in [5.74, 6) is -0.720. The Bertz CT molecular complexity index is 1870. The van der Waals surface area contributed by atoms with Gasteiger partial charge in [-0.2, -0.15) is 13.2 Å². The average Bonchev–Trinajstić information content (AvgIpc) is 2.92. The van der Waals surface area contributed by atoms with Crippen LogP contribution >= 0.6 is 11.6 Å². The Kier molecular flexibility index (Phi) is 9.09. The summed E-state index contributed by atoms with van der Waals surface area (Å²) in [5, 5.41) is 2.93. The van der Waals surface area contributed by atoms with Crippen LogP contribution in [0.4, 0.5) is 30.2 Å². The molecule has 0 saturated heterocycles. The highest BCUT2D eigenvalue weighted by Gasteiger charge is 2.31. The highest BCUT2D eigenvalue weighted by atomic mass is 35.5. The molecule has 0 aliphatic rings. The molecule has 0 bridgehead atoms. The van der Waals surface area contributed by atoms with Gasteiger partial charge in [-0.3, -0.25) is 13.8 Å². The van der Waals surface area contributed by atoms with Crippen LogP contribution in [0.2, 0.25) is 5.02 Å². The molecule has 0 aliphatic heterocycles. The van der Waals surface area contributed by atoms with E-state index in [0.29, 0.717) is 16.7 Å². The third kappa shape index (κ3) is 7.66. The highest BCUT2D eigenvalue weighted by molar-refractivity contribution is 7.93. The molecule has 0 unspecified atom stereocenters. The molecule has 0 heterocycles. The van der Waals surface area contributed by atoms with E-state index in [0.717, 1.165) is 34.1 Å². The number of nitrogens with one attached hydrogen (secondary N) is 2. The van der Waals surface area contributed by atoms with Crippen LogP contribution in [0.25, 0.3) is 0 Å². The molecule has 0 aliphatic carbocycles. The number of halogens is 4. The number of benzene rings is 4. The molecule has 14 heteroatoms. The van der Waals surface area contributed by atoms with E-state index in [1.54, 1.807) is 25.1 Å². The zero-order valence-corrected chi connectivity index (χ0v) is 25.1. The molecule has 1 amide bonds. The number of sulfonamides is 2. The molecule has 0 radical (unpaired) electrons. The van der Waals surface area contributed by atoms with E-state index in [-0.39, 0.29) is 26.9 Å². The monoisotopic (exact) mass is 651 g/mol. The van der Waals surface area contributed by atoms with Crippen molar-refractivity contribution in [2.45, 2.75) is 29.8 Å². The van der Waals surface area contributed by atoms with Crippen molar-refractivity contribution >= 4 is 54.6 Å². The van der Waals surface area contributed by atoms with Gasteiger partial charge in [-0.15, -0.1) is 0 Å². The number of rotatable bonds is 9. The number of aryl methyl sites for hydroxylation is 2. The van der Waals surface area contributed by atoms with Crippen LogP contribution in [-0.4, -0.2) is 29.3 Å². The number of alkyl halides is 3. The Balaban J connectivity index is 1.54. The van der Waals surface area contributed by atoms with Gasteiger partial charge in [0.25, 0.3) is 20.0 Å². The van der Waals surface area contributed by atoms with Crippen molar-refractivity contribution in [3.8, 4) is 0 Å². The maximum absolute atomic E-state index is 13.6. The number of anilines is 3. The molecule has 0 saturated carbocycles. The van der Waals surface area contributed by atoms with E-state index in [9.17, 15) is 34.8 Å². The lowest BCUT2D eigenvalue weighted by Crippen LogP contribution is -2.38. The smallest absolute Gasteiger partial charge is 0.325 e. The van der Waals surface area contributed by atoms with Crippen LogP contribution in [-0.2, 0) is 31.0 Å². The van der Waals surface area contributed by atoms with Crippen molar-refractivity contribution < 1.29 is 34.8 Å². The normalized spacial score (nSPS) is 12.0. The molecule has 4 aromatic rings. The Hall–Kier alpha value is -4.07. The van der Waals surface area contributed by atoms with Gasteiger partial charge in [0.15, 0.2) is 0 Å². The summed E-state index contributed by atoms with van der Waals surface area (Å²) in [7, 11) is -8.46. The van der Waals surface area contributed by atoms with Gasteiger partial charge in [-0.25, -0.2) is 16.8 Å². The third-order valence-electron chi connectivity index (χ3n) is 6.21. The van der Waals surface area contributed by atoms with E-state index < -0.39 is 44.2 Å². The second-order valence-corrected chi connectivity index (χ2v) is 13.5. The number of hydrogen-bond donors (Lipinski definition) is 2. The number of carbonyl (C=O) groups is 1. The third-order valence-corrected chi connectivity index (χ3v) is 9.62. The molecule has 4 rings (SSSR count). The second-order valence-electron chi connectivity index (χ2n) is 9.51. The maximum Gasteiger partial charge on any atom is 0.416 e. The van der Waals surface area contributed by atoms with Gasteiger partial charge in [0, 0.05) is 16.4 Å². The molecule has 0 aromatic heterocycles. The maximum atomic E-state index is 13.6. The number of amides is 1. The summed E-state index contributed by atoms with van der Waals surface area (Å²) >= 11 is 6.06. The van der Waals surface area contributed by atoms with E-state index in [2.05, 4.69) is 10.0 Å². The molecule has 43 heavy (non-hydrogen) atoms. The summed E-state index contributed by atoms with van der Waals surface area (Å²) in [4.78, 5) is 12.8. The summed E-state index contributed by atoms with van der Waals surface area (Å²) in [6.45, 7) is 2.85. The summed E-state index contributed by atoms with van der Waals surface area (Å²) in [6, 6.07) is 19.3. The first kappa shape index (κ1) is 31.9. The first-order chi connectivity index (χ1) is 20.1. The van der Waals surface area contributed by atoms with Gasteiger partial charge in [0.05, 0.1) is 21.0 Å². The van der Waals surface area contributed by atoms with Gasteiger partial charge in [-0.05, 0) is 92.2 Å². The minimum Gasteiger partial charge on any atom is -0.325 e. The zero-order chi connectivity index (χ0) is 31.6. The van der Waals surface area contributed by atoms with Crippen molar-refractivity contribution in [1.82, 2.24) is 0 Å². The van der Waals surface area contributed by atoms with Crippen LogP contribution in [0.15, 0.2) is 101 Å². The summed E-state index contributed by atoms with van der Waals surface area (Å²) < 4.78 is 94.8. The molecule has 4 aromatic carbocycles. The predicted molar refractivity (Wildman–Crippen MR) is 159 cm³/mol. The first-order valence-electron chi connectivity index (χ1n) is 12.5. The molecular formula is C29H25ClF3N3O5S2. The summed E-state index contributed by atoms with van der Waals surface area (Å²) in [6.07, 6.45) is -4.65. The van der Waals surface area contributed by atoms with E-state index in [1.165, 1.54) is 42.5 Å². The zero-order valence-electron chi connectivity index (χ0n) is 22.7. The van der Waals surface area contributed by atoms with E-state index in [4.69, 9.17) is 11.6 Å². The Morgan fingerprint density at radius 2 is 1.44 bits per heavy atom. The average molecular weight is 652 g/mol. The molecule has 0 atom stereocenters. The van der Waals surface area contributed by atoms with Crippen molar-refractivity contribution in [2.75, 3.05) is 20.9 Å². The van der Waals surface area contributed by atoms with Gasteiger partial charge in [-0.1, -0.05) is 35.4 Å². The van der Waals surface area contributed by atoms with Crippen LogP contribution < -0.4 is 14.3 Å². The van der Waals surface area contributed by atoms with Crippen LogP contribution in [0.3, 0.4) is 0 Å². The standard InChI is InChI=1S/C29H25ClF3N3O5S2/c1-19-6-11-26(12-7-19)43(40,41)36(27-15-8-22(30)16-20(27)2)18-28(37)34-23-9-13-25(14-10-23)42(38,39)35-24-5-3-4-21(17-24)29(31,32)33/h3-17,35H,18H2,1-2H3,(H,34,37). The van der Waals surface area contributed by atoms with Gasteiger partial charge in [0.1, 0.15) is 6.54 Å². The summed E-state index contributed by atoms with van der Waals surface area (Å²) in [5.41, 5.74) is 0.462. The Morgan fingerprint density at radius 1 is 0.814 bits per heavy atom. The van der Waals surface area contributed by atoms with Crippen molar-refractivity contribution in [2.24, 2.45) is 0 Å². The predicted octanol–water partition coefficient (Wildman–Crippen LogP) is 6.61. The topological polar surface area (TPSA) is 113 Å². The lowest BCUT2D eigenvalue weighted by molar-refractivity contribution is -0.137. The first-order valence-corrected chi connectivity index (χ1v) is 15.8. The van der Waals surface area contributed by atoms with Crippen LogP contribution in [0, 0.1) is 13.8 Å². The number of carbonyl (C=O) groups excluding carboxylic acids is 1. The van der Waals surface area contributed by atoms with Crippen molar-refractivity contribution in [3.05, 3.63) is 113 Å². The molecule has 226 valence electrons. The van der Waals surface area contributed by atoms with E-state index >= 15 is 0 Å². The molecule has 0 spiro atoms. The lowest BCUT2D eigenvalue weighted by Gasteiger charge is -2.26. The van der Waals surface area contributed by atoms with Crippen LogP contribution in [0.1, 0.15) is 16.7 Å². The lowest BCUT2D eigenvalue weighted by atomic mass is 10.2. The fourth-order valence-electron chi connectivity index (χ4n) is 4.06. The fraction of sp³-hybridized carbons (Fsp3) is 0.138. The minimum absolute atomic E-state index is 0.0249. The number of nitrogens with zero attached hydrogens (tertiary/aromatic N) is 1. The molecular weight excluding hydrogens is 627 g/mol. The van der Waals surface area contributed by atoms with Gasteiger partial charge >= 0.3 is 6.18 Å². The Morgan fingerprint density at radius 3 is 2.05 bits per heavy atom. The SMILES string of the molecule is Cc1ccc(S(=O)(=O)N(CC(=O)Nc2ccc(S(=O)(=O)Nc3cccc(C(F)(F)F)c3)cc2)c2ccc(Cl)cc2C)cc1. The van der Waals surface area contributed by atoms with Gasteiger partial charge in [0.2, 0.25) is 5.91 Å². The Labute approximate surface area is 252 Å². The number of hydrogen-bond acceptors (Lipinski definition) is 5. The second kappa shape index (κ2) is 12.3. The highest BCUT2D eigenvalue weighted by Crippen LogP contribution is 2.32. The minimum atomic E-state index is -4.65. The van der Waals surface area contributed by atoms with Crippen molar-refractivity contribution in [3.63, 3.8) is 0 Å². The van der Waals surface area contributed by atoms with Crippen molar-refractivity contribution in [1.29, 1.82) is 0 Å². The quantitative estimate of drug-likeness (QED) is 0.212. The van der Waals surface area contributed by atoms with Crippen LogP contribution in [0.5, 0.6) is 0 Å². The fourth-order valence-corrected chi connectivity index (χ4v) is 6.82. The van der Waals surface area contributed by atoms with Gasteiger partial charge < -0.3 is 5.32 Å². The molecule has 0 fully saturated rings. The van der Waals surface area contributed by atoms with E-state index in [1.807, 2.05) is 6.92 Å². The molecule has 2 N–H and O–H groups in total. The molecule has 8 nitrogen and oxygen atoms in total. The largest absolute Gasteiger partial charge is 0.416 e.